The summed E-state index contributed by atoms with van der Waals surface area (Å²) in [6, 6.07) is 0.625. The summed E-state index contributed by atoms with van der Waals surface area (Å²) in [5.41, 5.74) is 1.08. The van der Waals surface area contributed by atoms with Gasteiger partial charge in [-0.1, -0.05) is 32.6 Å². The third-order valence-corrected chi connectivity index (χ3v) is 4.52. The van der Waals surface area contributed by atoms with E-state index in [0.717, 1.165) is 31.4 Å². The highest BCUT2D eigenvalue weighted by atomic mass is 28.4. The maximum atomic E-state index is 11.9. The van der Waals surface area contributed by atoms with Crippen LogP contribution in [0.15, 0.2) is 11.8 Å². The molecule has 0 atom stereocenters. The van der Waals surface area contributed by atoms with E-state index in [0.29, 0.717) is 6.04 Å². The highest BCUT2D eigenvalue weighted by molar-refractivity contribution is 6.77. The molecule has 15 heavy (non-hydrogen) atoms. The van der Waals surface area contributed by atoms with Gasteiger partial charge in [-0.15, -0.1) is 0 Å². The first-order valence-corrected chi connectivity index (χ1v) is 7.21. The molecule has 0 amide bonds. The Morgan fingerprint density at radius 2 is 1.80 bits per heavy atom. The zero-order chi connectivity index (χ0) is 11.4. The van der Waals surface area contributed by atoms with E-state index in [1.807, 2.05) is 0 Å². The molecule has 0 aromatic heterocycles. The number of unbranched alkanes of at least 4 members (excludes halogenated alkanes) is 3. The second-order valence-corrected chi connectivity index (χ2v) is 6.45. The lowest BCUT2D eigenvalue weighted by Crippen LogP contribution is -2.15. The highest BCUT2D eigenvalue weighted by Crippen LogP contribution is 2.33. The van der Waals surface area contributed by atoms with Gasteiger partial charge < -0.3 is 0 Å². The molecule has 0 aromatic rings. The molecule has 0 radical (unpaired) electrons. The molecule has 1 aliphatic heterocycles. The van der Waals surface area contributed by atoms with Crippen molar-refractivity contribution in [1.82, 2.24) is 0 Å². The molecule has 1 aliphatic rings. The lowest BCUT2D eigenvalue weighted by molar-refractivity contribution is -0.0797. The molecule has 0 unspecified atom stereocenters. The van der Waals surface area contributed by atoms with Crippen molar-refractivity contribution in [2.45, 2.75) is 44.8 Å². The van der Waals surface area contributed by atoms with E-state index >= 15 is 0 Å². The summed E-state index contributed by atoms with van der Waals surface area (Å²) in [5, 5.41) is 0. The first kappa shape index (κ1) is 12.7. The Kier molecular flexibility index (Phi) is 4.36. The minimum Gasteiger partial charge on any atom is -0.251 e. The first-order valence-electron chi connectivity index (χ1n) is 5.11. The third-order valence-electron chi connectivity index (χ3n) is 2.20. The van der Waals surface area contributed by atoms with E-state index in [2.05, 4.69) is 6.92 Å². The van der Waals surface area contributed by atoms with Gasteiger partial charge in [-0.3, -0.25) is 9.15 Å². The standard InChI is InChI=1S/C9H15F3O2Si/c1-2-3-4-5-7-15(13-14-15)8-6-9(10,11)12/h6,8H,2-5,7H2,1H3. The molecule has 0 N–H and O–H groups in total. The summed E-state index contributed by atoms with van der Waals surface area (Å²) in [6.07, 6.45) is 0.0764. The van der Waals surface area contributed by atoms with Crippen molar-refractivity contribution < 1.29 is 22.3 Å². The van der Waals surface area contributed by atoms with Gasteiger partial charge >= 0.3 is 14.7 Å². The lowest BCUT2D eigenvalue weighted by atomic mass is 10.2. The normalized spacial score (nSPS) is 19.7. The second kappa shape index (κ2) is 5.13. The first-order chi connectivity index (χ1) is 6.97. The van der Waals surface area contributed by atoms with Crippen LogP contribution >= 0.6 is 0 Å². The van der Waals surface area contributed by atoms with Crippen LogP contribution in [0.3, 0.4) is 0 Å². The largest absolute Gasteiger partial charge is 0.429 e. The van der Waals surface area contributed by atoms with Gasteiger partial charge in [0.25, 0.3) is 0 Å². The Morgan fingerprint density at radius 3 is 2.27 bits per heavy atom. The minimum absolute atomic E-state index is 0.228. The van der Waals surface area contributed by atoms with Crippen LogP contribution in [0.5, 0.6) is 0 Å². The summed E-state index contributed by atoms with van der Waals surface area (Å²) in [7, 11) is -2.51. The summed E-state index contributed by atoms with van der Waals surface area (Å²) >= 11 is 0. The van der Waals surface area contributed by atoms with Crippen LogP contribution in [0.1, 0.15) is 32.6 Å². The van der Waals surface area contributed by atoms with E-state index in [-0.39, 0.29) is 6.08 Å². The summed E-state index contributed by atoms with van der Waals surface area (Å²) in [6.45, 7) is 2.08. The van der Waals surface area contributed by atoms with Crippen LogP contribution < -0.4 is 0 Å². The summed E-state index contributed by atoms with van der Waals surface area (Å²) < 4.78 is 45.1. The van der Waals surface area contributed by atoms with Crippen LogP contribution in [-0.2, 0) is 9.15 Å². The molecule has 2 nitrogen and oxygen atoms in total. The molecular formula is C9H15F3O2Si. The van der Waals surface area contributed by atoms with Crippen molar-refractivity contribution >= 4 is 8.56 Å². The molecule has 0 bridgehead atoms. The molecule has 0 spiro atoms. The number of alkyl halides is 3. The number of hydrogen-bond acceptors (Lipinski definition) is 2. The van der Waals surface area contributed by atoms with E-state index in [1.54, 1.807) is 0 Å². The molecule has 1 rings (SSSR count). The Bertz CT molecular complexity index is 224. The van der Waals surface area contributed by atoms with Crippen molar-refractivity contribution in [3.8, 4) is 0 Å². The van der Waals surface area contributed by atoms with E-state index < -0.39 is 14.7 Å². The van der Waals surface area contributed by atoms with Crippen molar-refractivity contribution in [2.75, 3.05) is 0 Å². The summed E-state index contributed by atoms with van der Waals surface area (Å²) in [5.74, 6) is 0. The number of allylic oxidation sites excluding steroid dienone is 1. The predicted octanol–water partition coefficient (Wildman–Crippen LogP) is 3.63. The Morgan fingerprint density at radius 1 is 1.13 bits per heavy atom. The fourth-order valence-corrected chi connectivity index (χ4v) is 3.35. The Labute approximate surface area is 88.2 Å². The minimum atomic E-state index is -4.27. The van der Waals surface area contributed by atoms with E-state index in [4.69, 9.17) is 9.15 Å². The van der Waals surface area contributed by atoms with Crippen molar-refractivity contribution in [1.29, 1.82) is 0 Å². The summed E-state index contributed by atoms with van der Waals surface area (Å²) in [4.78, 5) is 0. The smallest absolute Gasteiger partial charge is 0.251 e. The van der Waals surface area contributed by atoms with Gasteiger partial charge in [0.15, 0.2) is 0 Å². The Hall–Kier alpha value is -0.333. The average molecular weight is 240 g/mol. The maximum Gasteiger partial charge on any atom is 0.429 e. The number of halogens is 3. The van der Waals surface area contributed by atoms with Gasteiger partial charge in [0, 0.05) is 6.08 Å². The van der Waals surface area contributed by atoms with Crippen molar-refractivity contribution in [3.05, 3.63) is 11.8 Å². The molecule has 0 saturated carbocycles. The van der Waals surface area contributed by atoms with Gasteiger partial charge in [0.2, 0.25) is 0 Å². The number of rotatable bonds is 6. The van der Waals surface area contributed by atoms with E-state index in [9.17, 15) is 13.2 Å². The molecule has 1 saturated heterocycles. The zero-order valence-electron chi connectivity index (χ0n) is 8.64. The molecule has 0 aromatic carbocycles. The molecule has 6 heteroatoms. The van der Waals surface area contributed by atoms with Crippen molar-refractivity contribution in [2.24, 2.45) is 0 Å². The van der Waals surface area contributed by atoms with Crippen LogP contribution in [0, 0.1) is 0 Å². The molecule has 1 heterocycles. The van der Waals surface area contributed by atoms with Crippen LogP contribution in [0.2, 0.25) is 6.04 Å². The van der Waals surface area contributed by atoms with Gasteiger partial charge in [0.1, 0.15) is 0 Å². The fourth-order valence-electron chi connectivity index (χ4n) is 1.30. The molecule has 0 aliphatic carbocycles. The fraction of sp³-hybridized carbons (Fsp3) is 0.778. The number of hydrogen-bond donors (Lipinski definition) is 0. The van der Waals surface area contributed by atoms with E-state index in [1.165, 1.54) is 0 Å². The van der Waals surface area contributed by atoms with Gasteiger partial charge in [-0.25, -0.2) is 0 Å². The highest BCUT2D eigenvalue weighted by Gasteiger charge is 2.51. The molecule has 1 fully saturated rings. The lowest BCUT2D eigenvalue weighted by Gasteiger charge is -2.00. The van der Waals surface area contributed by atoms with Crippen molar-refractivity contribution in [3.63, 3.8) is 0 Å². The zero-order valence-corrected chi connectivity index (χ0v) is 9.64. The second-order valence-electron chi connectivity index (χ2n) is 3.66. The third kappa shape index (κ3) is 5.34. The monoisotopic (exact) mass is 240 g/mol. The molecular weight excluding hydrogens is 225 g/mol. The van der Waals surface area contributed by atoms with Crippen LogP contribution in [0.4, 0.5) is 13.2 Å². The van der Waals surface area contributed by atoms with Gasteiger partial charge in [-0.05, 0) is 11.7 Å². The predicted molar refractivity (Wildman–Crippen MR) is 52.1 cm³/mol. The SMILES string of the molecule is CCCCCC[Si]1(C=CC(F)(F)F)OO1. The average Bonchev–Trinajstić information content (AvgIpc) is 2.90. The maximum absolute atomic E-state index is 11.9. The topological polar surface area (TPSA) is 25.1 Å². The van der Waals surface area contributed by atoms with Crippen LogP contribution in [-0.4, -0.2) is 14.7 Å². The van der Waals surface area contributed by atoms with Crippen LogP contribution in [0.25, 0.3) is 0 Å². The quantitative estimate of drug-likeness (QED) is 0.306. The molecule has 88 valence electrons. The van der Waals surface area contributed by atoms with Gasteiger partial charge in [-0.2, -0.15) is 13.2 Å². The Balaban J connectivity index is 2.25. The van der Waals surface area contributed by atoms with Gasteiger partial charge in [0.05, 0.1) is 0 Å².